The van der Waals surface area contributed by atoms with Crippen molar-refractivity contribution in [3.8, 4) is 0 Å². The first-order valence-electron chi connectivity index (χ1n) is 16.3. The highest BCUT2D eigenvalue weighted by atomic mass is 16.6. The lowest BCUT2D eigenvalue weighted by molar-refractivity contribution is -0.270. The minimum absolute atomic E-state index is 0.0973. The molecule has 2 aliphatic heterocycles. The maximum absolute atomic E-state index is 11.7. The van der Waals surface area contributed by atoms with Crippen molar-refractivity contribution >= 4 is 11.9 Å². The molecule has 5 rings (SSSR count). The molecule has 0 bridgehead atoms. The third-order valence-electron chi connectivity index (χ3n) is 7.99. The average molecular weight is 657 g/mol. The highest BCUT2D eigenvalue weighted by molar-refractivity contribution is 5.67. The first-order chi connectivity index (χ1) is 23.4. The summed E-state index contributed by atoms with van der Waals surface area (Å²) < 4.78 is 43.5. The fourth-order valence-electron chi connectivity index (χ4n) is 5.73. The van der Waals surface area contributed by atoms with E-state index in [2.05, 4.69) is 0 Å². The second kappa shape index (κ2) is 18.4. The topological polar surface area (TPSA) is 98.8 Å². The van der Waals surface area contributed by atoms with Gasteiger partial charge in [-0.1, -0.05) is 109 Å². The fraction of sp³-hybridized carbons (Fsp3) is 0.385. The van der Waals surface area contributed by atoms with E-state index in [4.69, 9.17) is 33.2 Å². The number of carbonyl (C=O) groups is 2. The Bertz CT molecular complexity index is 1460. The molecular weight excluding hydrogens is 612 g/mol. The predicted octanol–water partition coefficient (Wildman–Crippen LogP) is 5.91. The molecule has 7 atom stereocenters. The molecule has 0 N–H and O–H groups in total. The molecule has 9 nitrogen and oxygen atoms in total. The summed E-state index contributed by atoms with van der Waals surface area (Å²) in [5, 5.41) is 0. The normalized spacial score (nSPS) is 24.4. The van der Waals surface area contributed by atoms with E-state index < -0.39 is 48.6 Å². The van der Waals surface area contributed by atoms with Gasteiger partial charge in [-0.15, -0.1) is 0 Å². The molecule has 0 saturated carbocycles. The molecule has 2 heterocycles. The molecule has 0 unspecified atom stereocenters. The predicted molar refractivity (Wildman–Crippen MR) is 179 cm³/mol. The van der Waals surface area contributed by atoms with Crippen molar-refractivity contribution in [2.24, 2.45) is 0 Å². The molecule has 48 heavy (non-hydrogen) atoms. The van der Waals surface area contributed by atoms with Gasteiger partial charge in [0.25, 0.3) is 0 Å². The summed E-state index contributed by atoms with van der Waals surface area (Å²) >= 11 is 0. The van der Waals surface area contributed by atoms with Gasteiger partial charge in [0.2, 0.25) is 0 Å². The lowest BCUT2D eigenvalue weighted by Crippen LogP contribution is -2.61. The molecule has 0 aliphatic carbocycles. The van der Waals surface area contributed by atoms with E-state index in [1.165, 1.54) is 13.8 Å². The average Bonchev–Trinajstić information content (AvgIpc) is 3.30. The number of hydrogen-bond donors (Lipinski definition) is 0. The Balaban J connectivity index is 1.39. The van der Waals surface area contributed by atoms with Crippen LogP contribution >= 0.6 is 0 Å². The SMILES string of the molecule is CC(=O)OC[C@H](C=C[C@H]1C=CC[C@@H]2O[C@H](COCc3ccccc3)[C@@H](OCc3ccccc3)[C@H](OCc3ccccc3)[C@H]2O1)OC(C)=O. The smallest absolute Gasteiger partial charge is 0.303 e. The number of benzene rings is 3. The van der Waals surface area contributed by atoms with E-state index in [1.807, 2.05) is 103 Å². The number of fused-ring (bicyclic) bond motifs is 1. The van der Waals surface area contributed by atoms with E-state index in [-0.39, 0.29) is 12.7 Å². The number of ether oxygens (including phenoxy) is 7. The van der Waals surface area contributed by atoms with Crippen molar-refractivity contribution in [1.29, 1.82) is 0 Å². The zero-order chi connectivity index (χ0) is 33.6. The van der Waals surface area contributed by atoms with Crippen LogP contribution in [0.1, 0.15) is 37.0 Å². The van der Waals surface area contributed by atoms with Crippen LogP contribution in [0.25, 0.3) is 0 Å². The van der Waals surface area contributed by atoms with Gasteiger partial charge in [-0.3, -0.25) is 9.59 Å². The van der Waals surface area contributed by atoms with Crippen molar-refractivity contribution in [2.75, 3.05) is 13.2 Å². The third-order valence-corrected chi connectivity index (χ3v) is 7.99. The summed E-state index contributed by atoms with van der Waals surface area (Å²) in [5.74, 6) is -0.946. The Morgan fingerprint density at radius 3 is 1.94 bits per heavy atom. The monoisotopic (exact) mass is 656 g/mol. The van der Waals surface area contributed by atoms with E-state index in [0.717, 1.165) is 16.7 Å². The molecule has 3 aromatic rings. The minimum Gasteiger partial charge on any atom is -0.462 e. The van der Waals surface area contributed by atoms with Gasteiger partial charge in [-0.2, -0.15) is 0 Å². The van der Waals surface area contributed by atoms with Gasteiger partial charge in [0.05, 0.1) is 38.6 Å². The second-order valence-electron chi connectivity index (χ2n) is 11.8. The molecule has 0 radical (unpaired) electrons. The maximum atomic E-state index is 11.7. The van der Waals surface area contributed by atoms with Gasteiger partial charge in [0.15, 0.2) is 6.10 Å². The fourth-order valence-corrected chi connectivity index (χ4v) is 5.73. The second-order valence-corrected chi connectivity index (χ2v) is 11.8. The molecule has 0 aromatic heterocycles. The standard InChI is InChI=1S/C39H44O9/c1-28(40)43-26-34(46-29(2)41)22-21-33-19-12-20-35-38(47-33)39(45-25-32-17-10-5-11-18-32)37(44-24-31-15-8-4-9-16-31)36(48-35)27-42-23-30-13-6-3-7-14-30/h3-19,21-22,33-39H,20,23-27H2,1-2H3/t33-,34+,35+,36-,37-,38+,39+/m1/s1. The van der Waals surface area contributed by atoms with Gasteiger partial charge < -0.3 is 33.2 Å². The van der Waals surface area contributed by atoms with E-state index in [1.54, 1.807) is 12.2 Å². The molecular formula is C39H44O9. The van der Waals surface area contributed by atoms with Gasteiger partial charge >= 0.3 is 11.9 Å². The van der Waals surface area contributed by atoms with Crippen LogP contribution in [0.15, 0.2) is 115 Å². The van der Waals surface area contributed by atoms with Gasteiger partial charge in [-0.05, 0) is 29.2 Å². The van der Waals surface area contributed by atoms with Crippen LogP contribution in [0, 0.1) is 0 Å². The number of rotatable bonds is 15. The number of esters is 2. The van der Waals surface area contributed by atoms with E-state index in [0.29, 0.717) is 32.8 Å². The Morgan fingerprint density at radius 1 is 0.771 bits per heavy atom. The summed E-state index contributed by atoms with van der Waals surface area (Å²) in [6.07, 6.45) is 4.43. The first kappa shape index (κ1) is 35.2. The molecule has 9 heteroatoms. The van der Waals surface area contributed by atoms with Crippen molar-refractivity contribution in [1.82, 2.24) is 0 Å². The molecule has 3 aromatic carbocycles. The molecule has 0 amide bonds. The Kier molecular flexibility index (Phi) is 13.5. The highest BCUT2D eigenvalue weighted by Gasteiger charge is 2.49. The van der Waals surface area contributed by atoms with Crippen LogP contribution in [-0.2, 0) is 62.6 Å². The van der Waals surface area contributed by atoms with E-state index in [9.17, 15) is 9.59 Å². The van der Waals surface area contributed by atoms with Crippen molar-refractivity contribution < 1.29 is 42.7 Å². The Hall–Kier alpha value is -4.12. The molecule has 1 fully saturated rings. The Morgan fingerprint density at radius 2 is 1.35 bits per heavy atom. The van der Waals surface area contributed by atoms with Crippen LogP contribution < -0.4 is 0 Å². The molecule has 1 saturated heterocycles. The lowest BCUT2D eigenvalue weighted by Gasteiger charge is -2.46. The molecule has 254 valence electrons. The summed E-state index contributed by atoms with van der Waals surface area (Å²) in [4.78, 5) is 23.1. The van der Waals surface area contributed by atoms with Crippen molar-refractivity contribution in [3.05, 3.63) is 132 Å². The third kappa shape index (κ3) is 11.0. The maximum Gasteiger partial charge on any atom is 0.303 e. The van der Waals surface area contributed by atoms with Crippen molar-refractivity contribution in [2.45, 2.75) is 82.8 Å². The van der Waals surface area contributed by atoms with Crippen LogP contribution in [0.5, 0.6) is 0 Å². The zero-order valence-corrected chi connectivity index (χ0v) is 27.4. The van der Waals surface area contributed by atoms with Gasteiger partial charge in [0.1, 0.15) is 31.0 Å². The summed E-state index contributed by atoms with van der Waals surface area (Å²) in [5.41, 5.74) is 3.12. The van der Waals surface area contributed by atoms with Crippen LogP contribution in [-0.4, -0.2) is 67.9 Å². The summed E-state index contributed by atoms with van der Waals surface area (Å²) in [7, 11) is 0. The molecule has 0 spiro atoms. The summed E-state index contributed by atoms with van der Waals surface area (Å²) in [6, 6.07) is 30.0. The Labute approximate surface area is 282 Å². The quantitative estimate of drug-likeness (QED) is 0.146. The first-order valence-corrected chi connectivity index (χ1v) is 16.3. The minimum atomic E-state index is -0.761. The molecule has 2 aliphatic rings. The van der Waals surface area contributed by atoms with E-state index >= 15 is 0 Å². The van der Waals surface area contributed by atoms with Crippen LogP contribution in [0.4, 0.5) is 0 Å². The largest absolute Gasteiger partial charge is 0.462 e. The number of hydrogen-bond acceptors (Lipinski definition) is 9. The van der Waals surface area contributed by atoms with Gasteiger partial charge in [-0.25, -0.2) is 0 Å². The lowest BCUT2D eigenvalue weighted by atomic mass is 9.92. The van der Waals surface area contributed by atoms with Crippen LogP contribution in [0.2, 0.25) is 0 Å². The summed E-state index contributed by atoms with van der Waals surface area (Å²) in [6.45, 7) is 3.97. The van der Waals surface area contributed by atoms with Crippen LogP contribution in [0.3, 0.4) is 0 Å². The number of carbonyl (C=O) groups excluding carboxylic acids is 2. The highest BCUT2D eigenvalue weighted by Crippen LogP contribution is 2.34. The van der Waals surface area contributed by atoms with Gasteiger partial charge in [0, 0.05) is 13.8 Å². The van der Waals surface area contributed by atoms with Crippen molar-refractivity contribution in [3.63, 3.8) is 0 Å². The zero-order valence-electron chi connectivity index (χ0n) is 27.4.